The molecule has 7 heteroatoms. The minimum absolute atomic E-state index is 0.0342. The monoisotopic (exact) mass is 423 g/mol. The number of carboxylic acids is 1. The Morgan fingerprint density at radius 2 is 1.68 bits per heavy atom. The van der Waals surface area contributed by atoms with Gasteiger partial charge in [-0.25, -0.2) is 4.79 Å². The molecule has 2 aliphatic carbocycles. The first kappa shape index (κ1) is 21.2. The number of imidazole rings is 1. The van der Waals surface area contributed by atoms with Crippen molar-refractivity contribution in [3.8, 4) is 17.7 Å². The summed E-state index contributed by atoms with van der Waals surface area (Å²) >= 11 is 0. The highest BCUT2D eigenvalue weighted by Gasteiger charge is 2.23. The molecule has 0 bridgehead atoms. The second-order valence-corrected chi connectivity index (χ2v) is 8.45. The van der Waals surface area contributed by atoms with E-state index in [-0.39, 0.29) is 17.8 Å². The van der Waals surface area contributed by atoms with E-state index >= 15 is 0 Å². The molecule has 0 amide bonds. The highest BCUT2D eigenvalue weighted by molar-refractivity contribution is 5.96. The maximum atomic E-state index is 11.5. The number of rotatable bonds is 6. The quantitative estimate of drug-likeness (QED) is 0.510. The molecule has 2 fully saturated rings. The number of carbonyl (C=O) groups is 1. The standard InChI is InChI=1S/C24H29N3O4/c25-16-17(24(28)29)15-20-23(31-19-9-4-2-1-3-5-10-19)26-22-21(13-8-14-27(20)22)30-18-11-6-7-12-18/h8,13-15,18-19H,1-7,9-12H2,(H,28,29). The summed E-state index contributed by atoms with van der Waals surface area (Å²) < 4.78 is 14.3. The van der Waals surface area contributed by atoms with E-state index in [1.165, 1.54) is 25.3 Å². The van der Waals surface area contributed by atoms with Crippen molar-refractivity contribution >= 4 is 17.7 Å². The van der Waals surface area contributed by atoms with Crippen molar-refractivity contribution in [3.63, 3.8) is 0 Å². The summed E-state index contributed by atoms with van der Waals surface area (Å²) in [6.45, 7) is 0. The topological polar surface area (TPSA) is 96.9 Å². The number of aliphatic carboxylic acids is 1. The molecular formula is C24H29N3O4. The van der Waals surface area contributed by atoms with Crippen LogP contribution in [0.5, 0.6) is 11.6 Å². The van der Waals surface area contributed by atoms with Gasteiger partial charge >= 0.3 is 5.97 Å². The van der Waals surface area contributed by atoms with E-state index in [0.29, 0.717) is 23.0 Å². The van der Waals surface area contributed by atoms with E-state index in [2.05, 4.69) is 0 Å². The average Bonchev–Trinajstić information content (AvgIpc) is 3.36. The zero-order valence-electron chi connectivity index (χ0n) is 17.8. The van der Waals surface area contributed by atoms with Crippen LogP contribution in [0.2, 0.25) is 0 Å². The molecule has 7 nitrogen and oxygen atoms in total. The molecule has 0 aliphatic heterocycles. The average molecular weight is 424 g/mol. The molecule has 0 aromatic carbocycles. The van der Waals surface area contributed by atoms with Crippen LogP contribution in [0.3, 0.4) is 0 Å². The molecule has 0 radical (unpaired) electrons. The Kier molecular flexibility index (Phi) is 6.76. The Labute approximate surface area is 182 Å². The largest absolute Gasteiger partial charge is 0.487 e. The Hall–Kier alpha value is -3.01. The molecule has 0 atom stereocenters. The van der Waals surface area contributed by atoms with Crippen molar-refractivity contribution in [1.29, 1.82) is 5.26 Å². The number of ether oxygens (including phenoxy) is 2. The van der Waals surface area contributed by atoms with Crippen LogP contribution in [0.4, 0.5) is 0 Å². The van der Waals surface area contributed by atoms with Gasteiger partial charge in [0.05, 0.1) is 6.10 Å². The van der Waals surface area contributed by atoms with Gasteiger partial charge in [-0.1, -0.05) is 19.3 Å². The Bertz CT molecular complexity index is 990. The second-order valence-electron chi connectivity index (χ2n) is 8.45. The van der Waals surface area contributed by atoms with E-state index in [4.69, 9.17) is 14.5 Å². The number of pyridine rings is 1. The molecule has 2 saturated carbocycles. The lowest BCUT2D eigenvalue weighted by Crippen LogP contribution is -2.18. The smallest absolute Gasteiger partial charge is 0.346 e. The molecule has 1 N–H and O–H groups in total. The summed E-state index contributed by atoms with van der Waals surface area (Å²) in [6.07, 6.45) is 15.5. The normalized spacial score (nSPS) is 19.0. The zero-order chi connectivity index (χ0) is 21.6. The van der Waals surface area contributed by atoms with E-state index in [9.17, 15) is 15.2 Å². The molecule has 0 spiro atoms. The highest BCUT2D eigenvalue weighted by Crippen LogP contribution is 2.33. The lowest BCUT2D eigenvalue weighted by atomic mass is 9.98. The number of nitriles is 1. The van der Waals surface area contributed by atoms with E-state index < -0.39 is 5.97 Å². The predicted octanol–water partition coefficient (Wildman–Crippen LogP) is 5.14. The predicted molar refractivity (Wildman–Crippen MR) is 116 cm³/mol. The first-order valence-electron chi connectivity index (χ1n) is 11.3. The first-order valence-corrected chi connectivity index (χ1v) is 11.3. The SMILES string of the molecule is N#CC(=Cc1c(OC2CCCCCCC2)nc2c(OC3CCCC3)cccn12)C(=O)O. The molecule has 164 valence electrons. The molecule has 0 unspecified atom stereocenters. The third kappa shape index (κ3) is 5.01. The highest BCUT2D eigenvalue weighted by atomic mass is 16.5. The van der Waals surface area contributed by atoms with Gasteiger partial charge in [0.15, 0.2) is 11.4 Å². The number of fused-ring (bicyclic) bond motifs is 1. The summed E-state index contributed by atoms with van der Waals surface area (Å²) in [6, 6.07) is 5.50. The molecule has 0 saturated heterocycles. The Balaban J connectivity index is 1.73. The minimum Gasteiger partial charge on any atom is -0.487 e. The van der Waals surface area contributed by atoms with Crippen LogP contribution in [-0.2, 0) is 4.79 Å². The third-order valence-electron chi connectivity index (χ3n) is 6.18. The summed E-state index contributed by atoms with van der Waals surface area (Å²) in [5.74, 6) is -0.250. The van der Waals surface area contributed by atoms with Gasteiger partial charge in [0.25, 0.3) is 0 Å². The lowest BCUT2D eigenvalue weighted by molar-refractivity contribution is -0.132. The number of hydrogen-bond acceptors (Lipinski definition) is 5. The summed E-state index contributed by atoms with van der Waals surface area (Å²) in [7, 11) is 0. The molecular weight excluding hydrogens is 394 g/mol. The van der Waals surface area contributed by atoms with Gasteiger partial charge in [0.1, 0.15) is 23.4 Å². The molecule has 2 aromatic heterocycles. The fourth-order valence-corrected chi connectivity index (χ4v) is 4.51. The van der Waals surface area contributed by atoms with Crippen LogP contribution in [0.25, 0.3) is 11.7 Å². The Morgan fingerprint density at radius 3 is 2.32 bits per heavy atom. The maximum Gasteiger partial charge on any atom is 0.346 e. The third-order valence-corrected chi connectivity index (χ3v) is 6.18. The Morgan fingerprint density at radius 1 is 1.06 bits per heavy atom. The van der Waals surface area contributed by atoms with Crippen molar-refractivity contribution in [2.24, 2.45) is 0 Å². The van der Waals surface area contributed by atoms with Gasteiger partial charge in [-0.15, -0.1) is 0 Å². The van der Waals surface area contributed by atoms with Crippen molar-refractivity contribution in [2.45, 2.75) is 82.8 Å². The molecule has 2 aliphatic rings. The maximum absolute atomic E-state index is 11.5. The molecule has 2 aromatic rings. The van der Waals surface area contributed by atoms with Crippen LogP contribution in [0, 0.1) is 11.3 Å². The van der Waals surface area contributed by atoms with E-state index in [1.807, 2.05) is 12.1 Å². The number of aromatic nitrogens is 2. The van der Waals surface area contributed by atoms with Crippen molar-refractivity contribution in [1.82, 2.24) is 9.38 Å². The van der Waals surface area contributed by atoms with Crippen molar-refractivity contribution < 1.29 is 19.4 Å². The minimum atomic E-state index is -1.27. The van der Waals surface area contributed by atoms with Gasteiger partial charge in [-0.05, 0) is 69.6 Å². The van der Waals surface area contributed by atoms with Gasteiger partial charge in [0, 0.05) is 6.20 Å². The van der Waals surface area contributed by atoms with Crippen molar-refractivity contribution in [2.75, 3.05) is 0 Å². The number of nitrogens with zero attached hydrogens (tertiary/aromatic N) is 3. The lowest BCUT2D eigenvalue weighted by Gasteiger charge is -2.20. The zero-order valence-corrected chi connectivity index (χ0v) is 17.8. The summed E-state index contributed by atoms with van der Waals surface area (Å²) in [5, 5.41) is 18.7. The van der Waals surface area contributed by atoms with E-state index in [1.54, 1.807) is 16.7 Å². The second kappa shape index (κ2) is 9.86. The summed E-state index contributed by atoms with van der Waals surface area (Å²) in [4.78, 5) is 16.2. The van der Waals surface area contributed by atoms with Gasteiger partial charge < -0.3 is 14.6 Å². The fourth-order valence-electron chi connectivity index (χ4n) is 4.51. The first-order chi connectivity index (χ1) is 15.2. The van der Waals surface area contributed by atoms with Crippen LogP contribution >= 0.6 is 0 Å². The molecule has 2 heterocycles. The van der Waals surface area contributed by atoms with Crippen LogP contribution in [0.1, 0.15) is 76.3 Å². The molecule has 31 heavy (non-hydrogen) atoms. The van der Waals surface area contributed by atoms with Gasteiger partial charge in [-0.3, -0.25) is 4.40 Å². The number of hydrogen-bond donors (Lipinski definition) is 1. The van der Waals surface area contributed by atoms with E-state index in [0.717, 1.165) is 51.4 Å². The van der Waals surface area contributed by atoms with Crippen LogP contribution in [-0.4, -0.2) is 32.7 Å². The van der Waals surface area contributed by atoms with Crippen molar-refractivity contribution in [3.05, 3.63) is 29.6 Å². The number of carboxylic acid groups (broad SMARTS) is 1. The summed E-state index contributed by atoms with van der Waals surface area (Å²) in [5.41, 5.74) is 0.698. The molecule has 4 rings (SSSR count). The van der Waals surface area contributed by atoms with Crippen LogP contribution < -0.4 is 9.47 Å². The fraction of sp³-hybridized carbons (Fsp3) is 0.542. The van der Waals surface area contributed by atoms with Gasteiger partial charge in [-0.2, -0.15) is 10.2 Å². The van der Waals surface area contributed by atoms with Gasteiger partial charge in [0.2, 0.25) is 5.88 Å². The van der Waals surface area contributed by atoms with Crippen LogP contribution in [0.15, 0.2) is 23.9 Å².